The lowest BCUT2D eigenvalue weighted by Gasteiger charge is -2.15. The first-order valence-corrected chi connectivity index (χ1v) is 7.89. The van der Waals surface area contributed by atoms with Crippen LogP contribution in [-0.4, -0.2) is 39.4 Å². The number of pyridine rings is 1. The normalized spacial score (nSPS) is 12.2. The molecule has 1 unspecified atom stereocenters. The van der Waals surface area contributed by atoms with Gasteiger partial charge in [-0.05, 0) is 13.0 Å². The second-order valence-corrected chi connectivity index (χ2v) is 5.66. The van der Waals surface area contributed by atoms with Gasteiger partial charge in [0.15, 0.2) is 5.82 Å². The lowest BCUT2D eigenvalue weighted by atomic mass is 10.1. The number of aromatic amines is 1. The molecule has 0 aliphatic heterocycles. The number of rotatable bonds is 6. The van der Waals surface area contributed by atoms with Crippen molar-refractivity contribution in [2.75, 3.05) is 13.7 Å². The predicted octanol–water partition coefficient (Wildman–Crippen LogP) is 1.26. The van der Waals surface area contributed by atoms with Crippen molar-refractivity contribution < 1.29 is 9.53 Å². The summed E-state index contributed by atoms with van der Waals surface area (Å²) in [5.74, 6) is 0.288. The van der Waals surface area contributed by atoms with Crippen molar-refractivity contribution >= 4 is 16.8 Å². The van der Waals surface area contributed by atoms with E-state index in [0.29, 0.717) is 35.4 Å². The van der Waals surface area contributed by atoms with Gasteiger partial charge < -0.3 is 19.6 Å². The number of para-hydroxylation sites is 1. The third-order valence-electron chi connectivity index (χ3n) is 3.91. The number of hydrogen-bond acceptors (Lipinski definition) is 5. The Bertz CT molecular complexity index is 947. The molecule has 0 saturated heterocycles. The first kappa shape index (κ1) is 16.8. The Morgan fingerprint density at radius 1 is 1.40 bits per heavy atom. The number of fused-ring (bicyclic) bond motifs is 1. The van der Waals surface area contributed by atoms with Crippen LogP contribution in [-0.2, 0) is 11.3 Å². The molecule has 2 heterocycles. The monoisotopic (exact) mass is 341 g/mol. The molecule has 0 saturated carbocycles. The number of nitrogens with zero attached hydrogens (tertiary/aromatic N) is 3. The van der Waals surface area contributed by atoms with E-state index < -0.39 is 0 Å². The Balaban J connectivity index is 1.86. The van der Waals surface area contributed by atoms with Gasteiger partial charge in [-0.3, -0.25) is 9.59 Å². The fraction of sp³-hybridized carbons (Fsp3) is 0.294. The Morgan fingerprint density at radius 2 is 2.20 bits per heavy atom. The van der Waals surface area contributed by atoms with Crippen molar-refractivity contribution in [3.63, 3.8) is 0 Å². The fourth-order valence-corrected chi connectivity index (χ4v) is 2.69. The van der Waals surface area contributed by atoms with Crippen LogP contribution in [0.1, 0.15) is 29.1 Å². The average molecular weight is 341 g/mol. The summed E-state index contributed by atoms with van der Waals surface area (Å²) in [5.41, 5.74) is 0.630. The highest BCUT2D eigenvalue weighted by Crippen LogP contribution is 2.16. The van der Waals surface area contributed by atoms with Crippen LogP contribution in [0.2, 0.25) is 0 Å². The van der Waals surface area contributed by atoms with E-state index >= 15 is 0 Å². The maximum atomic E-state index is 12.7. The lowest BCUT2D eigenvalue weighted by Crippen LogP contribution is -2.30. The number of benzene rings is 1. The van der Waals surface area contributed by atoms with Crippen molar-refractivity contribution in [1.29, 1.82) is 0 Å². The van der Waals surface area contributed by atoms with Crippen molar-refractivity contribution in [2.24, 2.45) is 0 Å². The second kappa shape index (κ2) is 7.27. The van der Waals surface area contributed by atoms with Crippen LogP contribution in [0.25, 0.3) is 10.9 Å². The first-order chi connectivity index (χ1) is 12.1. The van der Waals surface area contributed by atoms with Gasteiger partial charge in [0.1, 0.15) is 6.33 Å². The third kappa shape index (κ3) is 3.58. The molecule has 0 fully saturated rings. The molecule has 1 atom stereocenters. The summed E-state index contributed by atoms with van der Waals surface area (Å²) in [6.07, 6.45) is 1.60. The molecule has 2 N–H and O–H groups in total. The molecule has 3 aromatic rings. The SMILES string of the molecule is COCCn1cnnc1C(C)NC(=O)c1cc(=O)[nH]c2ccccc12. The molecule has 0 radical (unpaired) electrons. The molecule has 0 aliphatic rings. The number of methoxy groups -OCH3 is 1. The van der Waals surface area contributed by atoms with E-state index in [1.165, 1.54) is 6.07 Å². The zero-order valence-electron chi connectivity index (χ0n) is 14.0. The van der Waals surface area contributed by atoms with Crippen LogP contribution in [0.4, 0.5) is 0 Å². The summed E-state index contributed by atoms with van der Waals surface area (Å²) in [7, 11) is 1.62. The van der Waals surface area contributed by atoms with Crippen LogP contribution in [0.15, 0.2) is 41.5 Å². The Kier molecular flexibility index (Phi) is 4.90. The number of aromatic nitrogens is 4. The van der Waals surface area contributed by atoms with Crippen molar-refractivity contribution in [1.82, 2.24) is 25.1 Å². The molecular weight excluding hydrogens is 322 g/mol. The largest absolute Gasteiger partial charge is 0.383 e. The topological polar surface area (TPSA) is 102 Å². The number of H-pyrrole nitrogens is 1. The van der Waals surface area contributed by atoms with E-state index in [4.69, 9.17) is 4.74 Å². The summed E-state index contributed by atoms with van der Waals surface area (Å²) >= 11 is 0. The van der Waals surface area contributed by atoms with Crippen LogP contribution in [0.5, 0.6) is 0 Å². The molecule has 8 nitrogen and oxygen atoms in total. The summed E-state index contributed by atoms with van der Waals surface area (Å²) in [4.78, 5) is 27.2. The highest BCUT2D eigenvalue weighted by molar-refractivity contribution is 6.06. The fourth-order valence-electron chi connectivity index (χ4n) is 2.69. The van der Waals surface area contributed by atoms with Crippen LogP contribution in [0, 0.1) is 0 Å². The van der Waals surface area contributed by atoms with E-state index in [-0.39, 0.29) is 17.5 Å². The zero-order valence-corrected chi connectivity index (χ0v) is 14.0. The van der Waals surface area contributed by atoms with Crippen LogP contribution in [0.3, 0.4) is 0 Å². The molecule has 0 aliphatic carbocycles. The number of hydrogen-bond donors (Lipinski definition) is 2. The van der Waals surface area contributed by atoms with E-state index in [9.17, 15) is 9.59 Å². The number of amides is 1. The summed E-state index contributed by atoms with van der Waals surface area (Å²) in [6.45, 7) is 2.93. The minimum atomic E-state index is -0.370. The molecule has 0 bridgehead atoms. The smallest absolute Gasteiger partial charge is 0.252 e. The molecule has 8 heteroatoms. The molecule has 1 amide bonds. The van der Waals surface area contributed by atoms with Gasteiger partial charge in [0.05, 0.1) is 18.2 Å². The van der Waals surface area contributed by atoms with Crippen molar-refractivity contribution in [2.45, 2.75) is 19.5 Å². The molecule has 2 aromatic heterocycles. The van der Waals surface area contributed by atoms with Gasteiger partial charge in [0.25, 0.3) is 5.91 Å². The van der Waals surface area contributed by atoms with Crippen LogP contribution < -0.4 is 10.9 Å². The van der Waals surface area contributed by atoms with Gasteiger partial charge in [-0.2, -0.15) is 0 Å². The zero-order chi connectivity index (χ0) is 17.8. The van der Waals surface area contributed by atoms with E-state index in [1.54, 1.807) is 31.6 Å². The number of carbonyl (C=O) groups excluding carboxylic acids is 1. The summed E-state index contributed by atoms with van der Waals surface area (Å²) in [6, 6.07) is 8.12. The Labute approximate surface area is 143 Å². The standard InChI is InChI=1S/C17H19N5O3/c1-11(16-21-18-10-22(16)7-8-25-2)19-17(24)13-9-15(23)20-14-6-4-3-5-12(13)14/h3-6,9-11H,7-8H2,1-2H3,(H,19,24)(H,20,23). The molecular formula is C17H19N5O3. The molecule has 3 rings (SSSR count). The highest BCUT2D eigenvalue weighted by atomic mass is 16.5. The van der Waals surface area contributed by atoms with Crippen molar-refractivity contribution in [3.05, 3.63) is 58.4 Å². The predicted molar refractivity (Wildman–Crippen MR) is 92.3 cm³/mol. The second-order valence-electron chi connectivity index (χ2n) is 5.66. The van der Waals surface area contributed by atoms with Gasteiger partial charge in [0.2, 0.25) is 5.56 Å². The van der Waals surface area contributed by atoms with Crippen LogP contribution >= 0.6 is 0 Å². The number of ether oxygens (including phenoxy) is 1. The molecule has 1 aromatic carbocycles. The number of nitrogens with one attached hydrogen (secondary N) is 2. The lowest BCUT2D eigenvalue weighted by molar-refractivity contribution is 0.0938. The quantitative estimate of drug-likeness (QED) is 0.703. The third-order valence-corrected chi connectivity index (χ3v) is 3.91. The highest BCUT2D eigenvalue weighted by Gasteiger charge is 2.18. The number of carbonyl (C=O) groups is 1. The molecule has 130 valence electrons. The summed E-state index contributed by atoms with van der Waals surface area (Å²) in [5, 5.41) is 11.5. The average Bonchev–Trinajstić information content (AvgIpc) is 3.07. The van der Waals surface area contributed by atoms with Gasteiger partial charge in [0, 0.05) is 30.6 Å². The minimum absolute atomic E-state index is 0.320. The van der Waals surface area contributed by atoms with Gasteiger partial charge in [-0.25, -0.2) is 0 Å². The van der Waals surface area contributed by atoms with Gasteiger partial charge in [-0.1, -0.05) is 18.2 Å². The van der Waals surface area contributed by atoms with E-state index in [0.717, 1.165) is 0 Å². The molecule has 0 spiro atoms. The Hall–Kier alpha value is -3.00. The summed E-state index contributed by atoms with van der Waals surface area (Å²) < 4.78 is 6.88. The van der Waals surface area contributed by atoms with E-state index in [2.05, 4.69) is 20.5 Å². The Morgan fingerprint density at radius 3 is 3.00 bits per heavy atom. The molecule has 25 heavy (non-hydrogen) atoms. The van der Waals surface area contributed by atoms with Gasteiger partial charge in [-0.15, -0.1) is 10.2 Å². The maximum absolute atomic E-state index is 12.7. The maximum Gasteiger partial charge on any atom is 0.252 e. The van der Waals surface area contributed by atoms with E-state index in [1.807, 2.05) is 17.6 Å². The minimum Gasteiger partial charge on any atom is -0.383 e. The van der Waals surface area contributed by atoms with Crippen molar-refractivity contribution in [3.8, 4) is 0 Å². The van der Waals surface area contributed by atoms with Gasteiger partial charge >= 0.3 is 0 Å². The first-order valence-electron chi connectivity index (χ1n) is 7.89.